The minimum Gasteiger partial charge on any atom is -0.493 e. The van der Waals surface area contributed by atoms with Crippen LogP contribution in [0.2, 0.25) is 0 Å². The Kier molecular flexibility index (Phi) is 7.35. The van der Waals surface area contributed by atoms with Gasteiger partial charge in [-0.15, -0.1) is 12.4 Å². The zero-order valence-electron chi connectivity index (χ0n) is 21.0. The molecular weight excluding hydrogens is 492 g/mol. The van der Waals surface area contributed by atoms with Gasteiger partial charge in [0.05, 0.1) is 30.2 Å². The number of Topliss-reactive ketones (excluding diaryl/α,β-unsaturated/α-hetero) is 1. The third-order valence-corrected chi connectivity index (χ3v) is 7.43. The van der Waals surface area contributed by atoms with Crippen molar-refractivity contribution in [1.82, 2.24) is 15.6 Å². The van der Waals surface area contributed by atoms with Crippen LogP contribution in [0.1, 0.15) is 32.3 Å². The second kappa shape index (κ2) is 10.2. The lowest BCUT2D eigenvalue weighted by Gasteiger charge is -2.48. The quantitative estimate of drug-likeness (QED) is 0.462. The smallest absolute Gasteiger partial charge is 0.240 e. The van der Waals surface area contributed by atoms with Crippen molar-refractivity contribution >= 4 is 40.9 Å². The Labute approximate surface area is 222 Å². The third kappa shape index (κ3) is 5.08. The van der Waals surface area contributed by atoms with Crippen molar-refractivity contribution in [2.24, 2.45) is 17.6 Å². The second-order valence-corrected chi connectivity index (χ2v) is 10.5. The van der Waals surface area contributed by atoms with Gasteiger partial charge in [-0.3, -0.25) is 14.4 Å². The molecule has 9 heteroatoms. The van der Waals surface area contributed by atoms with Crippen LogP contribution in [0.25, 0.3) is 10.9 Å². The van der Waals surface area contributed by atoms with Crippen LogP contribution in [0.3, 0.4) is 0 Å². The van der Waals surface area contributed by atoms with Crippen LogP contribution in [0, 0.1) is 11.8 Å². The van der Waals surface area contributed by atoms with Crippen LogP contribution >= 0.6 is 12.4 Å². The van der Waals surface area contributed by atoms with Gasteiger partial charge in [-0.2, -0.15) is 0 Å². The normalized spacial score (nSPS) is 25.4. The van der Waals surface area contributed by atoms with Gasteiger partial charge in [0.25, 0.3) is 0 Å². The summed E-state index contributed by atoms with van der Waals surface area (Å²) < 4.78 is 6.24. The Morgan fingerprint density at radius 1 is 1.27 bits per heavy atom. The number of fused-ring (bicyclic) bond motifs is 2. The van der Waals surface area contributed by atoms with E-state index in [9.17, 15) is 14.4 Å². The fourth-order valence-electron chi connectivity index (χ4n) is 5.52. The molecular formula is C28H33ClN4O4. The molecule has 3 heterocycles. The van der Waals surface area contributed by atoms with Gasteiger partial charge in [0.1, 0.15) is 5.60 Å². The number of hydrogen-bond acceptors (Lipinski definition) is 5. The van der Waals surface area contributed by atoms with Gasteiger partial charge in [0.2, 0.25) is 11.8 Å². The minimum absolute atomic E-state index is 0. The summed E-state index contributed by atoms with van der Waals surface area (Å²) >= 11 is 0. The number of benzene rings is 1. The molecule has 196 valence electrons. The number of carbonyl (C=O) groups excluding carboxylic acids is 3. The number of ketones is 1. The van der Waals surface area contributed by atoms with Crippen LogP contribution < -0.4 is 16.4 Å². The largest absolute Gasteiger partial charge is 0.493 e. The number of allylic oxidation sites excluding steroid dienone is 5. The first-order valence-corrected chi connectivity index (χ1v) is 12.4. The molecule has 0 saturated carbocycles. The number of H-pyrrole nitrogens is 1. The SMILES string of the molecule is CC(C)(N)C(=O)NC(Cc1c[nH]c2ccccc12)C(=O)C1C2C=CC=CC2=CO[C@@]12CCNC(=O)C2.Cl. The molecule has 0 bridgehead atoms. The van der Waals surface area contributed by atoms with Crippen LogP contribution in [-0.2, 0) is 25.5 Å². The predicted octanol–water partition coefficient (Wildman–Crippen LogP) is 2.84. The first-order valence-electron chi connectivity index (χ1n) is 12.4. The van der Waals surface area contributed by atoms with Crippen LogP contribution in [0.5, 0.6) is 0 Å². The number of carbonyl (C=O) groups is 3. The van der Waals surface area contributed by atoms with Gasteiger partial charge in [0.15, 0.2) is 5.78 Å². The van der Waals surface area contributed by atoms with E-state index in [1.807, 2.05) is 54.8 Å². The molecule has 8 nitrogen and oxygen atoms in total. The number of halogens is 1. The summed E-state index contributed by atoms with van der Waals surface area (Å²) in [6.45, 7) is 3.65. The standard InChI is InChI=1S/C28H32N4O4.ClH/c1-27(2,29)26(35)32-22(13-18-15-31-21-10-6-5-8-19(18)21)25(34)24-20-9-4-3-7-17(20)16-36-28(24)11-12-30-23(33)14-28;/h3-10,15-16,20,22,24,31H,11-14,29H2,1-2H3,(H,30,33)(H,32,35);1H/t20?,22?,24?,28-;/m1./s1. The van der Waals surface area contributed by atoms with E-state index in [-0.39, 0.29) is 42.9 Å². The summed E-state index contributed by atoms with van der Waals surface area (Å²) in [6.07, 6.45) is 12.2. The maximum atomic E-state index is 14.5. The Morgan fingerprint density at radius 3 is 2.81 bits per heavy atom. The second-order valence-electron chi connectivity index (χ2n) is 10.5. The molecule has 5 rings (SSSR count). The van der Waals surface area contributed by atoms with Crippen molar-refractivity contribution in [3.05, 3.63) is 72.2 Å². The summed E-state index contributed by atoms with van der Waals surface area (Å²) in [5.74, 6) is -1.63. The number of nitrogens with one attached hydrogen (secondary N) is 3. The summed E-state index contributed by atoms with van der Waals surface area (Å²) in [5, 5.41) is 6.78. The molecule has 1 aliphatic carbocycles. The maximum Gasteiger partial charge on any atom is 0.240 e. The molecule has 1 aromatic heterocycles. The zero-order valence-corrected chi connectivity index (χ0v) is 21.8. The number of aromatic nitrogens is 1. The van der Waals surface area contributed by atoms with Crippen molar-refractivity contribution in [2.45, 2.75) is 50.3 Å². The van der Waals surface area contributed by atoms with Crippen molar-refractivity contribution in [3.63, 3.8) is 0 Å². The molecule has 5 N–H and O–H groups in total. The van der Waals surface area contributed by atoms with Gasteiger partial charge in [-0.1, -0.05) is 42.5 Å². The van der Waals surface area contributed by atoms with Crippen molar-refractivity contribution < 1.29 is 19.1 Å². The first-order chi connectivity index (χ1) is 17.2. The number of rotatable bonds is 6. The van der Waals surface area contributed by atoms with E-state index in [4.69, 9.17) is 10.5 Å². The number of hydrogen-bond donors (Lipinski definition) is 4. The van der Waals surface area contributed by atoms with Crippen LogP contribution in [-0.4, -0.2) is 46.3 Å². The lowest BCUT2D eigenvalue weighted by atomic mass is 9.65. The van der Waals surface area contributed by atoms with Crippen molar-refractivity contribution in [1.29, 1.82) is 0 Å². The summed E-state index contributed by atoms with van der Waals surface area (Å²) in [4.78, 5) is 43.3. The topological polar surface area (TPSA) is 126 Å². The predicted molar refractivity (Wildman–Crippen MR) is 144 cm³/mol. The van der Waals surface area contributed by atoms with Gasteiger partial charge < -0.3 is 26.1 Å². The highest BCUT2D eigenvalue weighted by atomic mass is 35.5. The summed E-state index contributed by atoms with van der Waals surface area (Å²) in [6, 6.07) is 6.99. The van der Waals surface area contributed by atoms with E-state index < -0.39 is 29.0 Å². The Hall–Kier alpha value is -3.36. The fourth-order valence-corrected chi connectivity index (χ4v) is 5.52. The van der Waals surface area contributed by atoms with E-state index in [1.165, 1.54) is 0 Å². The zero-order chi connectivity index (χ0) is 25.5. The summed E-state index contributed by atoms with van der Waals surface area (Å²) in [7, 11) is 0. The minimum atomic E-state index is -1.16. The van der Waals surface area contributed by atoms with Gasteiger partial charge in [-0.25, -0.2) is 0 Å². The summed E-state index contributed by atoms with van der Waals surface area (Å²) in [5.41, 5.74) is 6.70. The molecule has 1 aromatic carbocycles. The van der Waals surface area contributed by atoms with Gasteiger partial charge in [-0.05, 0) is 31.1 Å². The number of piperidine rings is 1. The number of aromatic amines is 1. The lowest BCUT2D eigenvalue weighted by molar-refractivity contribution is -0.151. The third-order valence-electron chi connectivity index (χ3n) is 7.43. The Bertz CT molecular complexity index is 1300. The van der Waals surface area contributed by atoms with Crippen molar-refractivity contribution in [3.8, 4) is 0 Å². The highest BCUT2D eigenvalue weighted by Gasteiger charge is 2.54. The van der Waals surface area contributed by atoms with Gasteiger partial charge >= 0.3 is 0 Å². The Balaban J connectivity index is 0.00000320. The van der Waals surface area contributed by atoms with E-state index in [0.29, 0.717) is 13.0 Å². The molecule has 37 heavy (non-hydrogen) atoms. The Morgan fingerprint density at radius 2 is 2.05 bits per heavy atom. The molecule has 1 saturated heterocycles. The van der Waals surface area contributed by atoms with E-state index in [2.05, 4.69) is 15.6 Å². The average Bonchev–Trinajstić information content (AvgIpc) is 3.25. The molecule has 2 aromatic rings. The van der Waals surface area contributed by atoms with E-state index in [1.54, 1.807) is 20.1 Å². The molecule has 2 amide bonds. The first kappa shape index (κ1) is 26.7. The highest BCUT2D eigenvalue weighted by Crippen LogP contribution is 2.46. The van der Waals surface area contributed by atoms with Crippen LogP contribution in [0.4, 0.5) is 0 Å². The number of para-hydroxylation sites is 1. The molecule has 1 fully saturated rings. The fraction of sp³-hybridized carbons (Fsp3) is 0.393. The molecule has 3 unspecified atom stereocenters. The highest BCUT2D eigenvalue weighted by molar-refractivity contribution is 5.96. The molecule has 0 radical (unpaired) electrons. The van der Waals surface area contributed by atoms with E-state index in [0.717, 1.165) is 22.0 Å². The molecule has 2 aliphatic heterocycles. The monoisotopic (exact) mass is 524 g/mol. The number of nitrogens with two attached hydrogens (primary N) is 1. The van der Waals surface area contributed by atoms with Gasteiger partial charge in [0, 0.05) is 42.4 Å². The molecule has 1 spiro atoms. The van der Waals surface area contributed by atoms with Crippen LogP contribution in [0.15, 0.2) is 66.6 Å². The maximum absolute atomic E-state index is 14.5. The average molecular weight is 525 g/mol. The lowest BCUT2D eigenvalue weighted by Crippen LogP contribution is -2.61. The van der Waals surface area contributed by atoms with Crippen molar-refractivity contribution in [2.75, 3.05) is 6.54 Å². The van der Waals surface area contributed by atoms with E-state index >= 15 is 0 Å². The molecule has 3 aliphatic rings. The molecule has 4 atom stereocenters. The number of amides is 2. The number of ether oxygens (including phenoxy) is 1.